The van der Waals surface area contributed by atoms with Crippen molar-refractivity contribution in [1.82, 2.24) is 9.97 Å². The minimum atomic E-state index is 0.602. The average Bonchev–Trinajstić information content (AvgIpc) is 2.52. The monoisotopic (exact) mass is 267 g/mol. The molecule has 1 N–H and O–H groups in total. The van der Waals surface area contributed by atoms with Gasteiger partial charge in [-0.25, -0.2) is 4.98 Å². The van der Waals surface area contributed by atoms with Gasteiger partial charge in [0.25, 0.3) is 0 Å². The van der Waals surface area contributed by atoms with Crippen LogP contribution in [0.2, 0.25) is 0 Å². The van der Waals surface area contributed by atoms with Gasteiger partial charge in [-0.05, 0) is 24.6 Å². The molecule has 1 aromatic heterocycles. The summed E-state index contributed by atoms with van der Waals surface area (Å²) >= 11 is 0. The third kappa shape index (κ3) is 3.04. The van der Waals surface area contributed by atoms with Crippen molar-refractivity contribution in [2.75, 3.05) is 23.8 Å². The van der Waals surface area contributed by atoms with Crippen LogP contribution in [0.4, 0.5) is 17.5 Å². The Kier molecular flexibility index (Phi) is 4.51. The van der Waals surface area contributed by atoms with Gasteiger partial charge in [0.2, 0.25) is 5.95 Å². The number of para-hydroxylation sites is 1. The van der Waals surface area contributed by atoms with Crippen molar-refractivity contribution in [3.05, 3.63) is 42.1 Å². The maximum atomic E-state index is 9.16. The molecule has 0 fully saturated rings. The van der Waals surface area contributed by atoms with E-state index in [4.69, 9.17) is 5.26 Å². The van der Waals surface area contributed by atoms with E-state index in [1.54, 1.807) is 12.3 Å². The summed E-state index contributed by atoms with van der Waals surface area (Å²) in [6.07, 6.45) is 2.73. The molecule has 2 rings (SSSR count). The van der Waals surface area contributed by atoms with E-state index in [1.165, 1.54) is 0 Å². The van der Waals surface area contributed by atoms with E-state index in [0.29, 0.717) is 11.5 Å². The van der Waals surface area contributed by atoms with Gasteiger partial charge in [0.05, 0.1) is 11.3 Å². The number of nitrogens with one attached hydrogen (secondary N) is 1. The molecule has 0 atom stereocenters. The Hall–Kier alpha value is -2.61. The third-order valence-electron chi connectivity index (χ3n) is 2.90. The van der Waals surface area contributed by atoms with Crippen molar-refractivity contribution in [3.63, 3.8) is 0 Å². The van der Waals surface area contributed by atoms with Gasteiger partial charge in [-0.2, -0.15) is 10.2 Å². The third-order valence-corrected chi connectivity index (χ3v) is 2.90. The molecule has 0 unspecified atom stereocenters. The molecule has 102 valence electrons. The summed E-state index contributed by atoms with van der Waals surface area (Å²) in [5, 5.41) is 12.3. The molecule has 0 spiro atoms. The zero-order valence-electron chi connectivity index (χ0n) is 11.7. The smallest absolute Gasteiger partial charge is 0.224 e. The summed E-state index contributed by atoms with van der Waals surface area (Å²) in [6, 6.07) is 11.5. The molecule has 5 heteroatoms. The lowest BCUT2D eigenvalue weighted by atomic mass is 10.2. The van der Waals surface area contributed by atoms with Crippen LogP contribution in [0.5, 0.6) is 0 Å². The molecular formula is C15H17N5. The molecule has 1 heterocycles. The molecule has 0 aliphatic rings. The molecule has 1 aromatic carbocycles. The van der Waals surface area contributed by atoms with E-state index >= 15 is 0 Å². The fourth-order valence-electron chi connectivity index (χ4n) is 1.84. The molecular weight excluding hydrogens is 250 g/mol. The van der Waals surface area contributed by atoms with Crippen molar-refractivity contribution >= 4 is 17.5 Å². The number of anilines is 3. The maximum absolute atomic E-state index is 9.16. The molecule has 0 amide bonds. The number of hydrogen-bond donors (Lipinski definition) is 1. The zero-order valence-corrected chi connectivity index (χ0v) is 11.7. The van der Waals surface area contributed by atoms with Gasteiger partial charge < -0.3 is 10.2 Å². The second kappa shape index (κ2) is 6.53. The Morgan fingerprint density at radius 3 is 2.85 bits per heavy atom. The van der Waals surface area contributed by atoms with Crippen LogP contribution in [-0.4, -0.2) is 23.6 Å². The Balaban J connectivity index is 2.29. The summed E-state index contributed by atoms with van der Waals surface area (Å²) in [5.74, 6) is 1.35. The number of rotatable bonds is 5. The normalized spacial score (nSPS) is 9.85. The molecule has 0 bridgehead atoms. The van der Waals surface area contributed by atoms with Crippen LogP contribution >= 0.6 is 0 Å². The number of benzene rings is 1. The predicted octanol–water partition coefficient (Wildman–Crippen LogP) is 2.94. The van der Waals surface area contributed by atoms with Crippen LogP contribution in [0.1, 0.15) is 18.9 Å². The minimum absolute atomic E-state index is 0.602. The molecule has 0 aliphatic carbocycles. The Morgan fingerprint density at radius 1 is 1.30 bits per heavy atom. The quantitative estimate of drug-likeness (QED) is 0.902. The largest absolute Gasteiger partial charge is 0.354 e. The summed E-state index contributed by atoms with van der Waals surface area (Å²) < 4.78 is 0. The predicted molar refractivity (Wildman–Crippen MR) is 80.0 cm³/mol. The Labute approximate surface area is 118 Å². The first-order valence-corrected chi connectivity index (χ1v) is 6.56. The van der Waals surface area contributed by atoms with E-state index in [1.807, 2.05) is 36.2 Å². The van der Waals surface area contributed by atoms with E-state index in [2.05, 4.69) is 28.3 Å². The average molecular weight is 267 g/mol. The van der Waals surface area contributed by atoms with Crippen molar-refractivity contribution in [2.45, 2.75) is 13.3 Å². The first kappa shape index (κ1) is 13.8. The van der Waals surface area contributed by atoms with Crippen LogP contribution in [0.3, 0.4) is 0 Å². The molecule has 0 radical (unpaired) electrons. The first-order valence-electron chi connectivity index (χ1n) is 6.56. The Bertz CT molecular complexity index is 618. The van der Waals surface area contributed by atoms with Gasteiger partial charge in [0, 0.05) is 19.8 Å². The van der Waals surface area contributed by atoms with E-state index in [0.717, 1.165) is 24.5 Å². The van der Waals surface area contributed by atoms with Gasteiger partial charge >= 0.3 is 0 Å². The van der Waals surface area contributed by atoms with E-state index in [-0.39, 0.29) is 0 Å². The lowest BCUT2D eigenvalue weighted by Crippen LogP contribution is -2.14. The van der Waals surface area contributed by atoms with Crippen LogP contribution in [-0.2, 0) is 0 Å². The minimum Gasteiger partial charge on any atom is -0.354 e. The molecule has 20 heavy (non-hydrogen) atoms. The summed E-state index contributed by atoms with van der Waals surface area (Å²) in [7, 11) is 1.89. The lowest BCUT2D eigenvalue weighted by molar-refractivity contribution is 0.948. The van der Waals surface area contributed by atoms with E-state index < -0.39 is 0 Å². The molecule has 2 aromatic rings. The van der Waals surface area contributed by atoms with Gasteiger partial charge in [-0.1, -0.05) is 19.1 Å². The van der Waals surface area contributed by atoms with Crippen LogP contribution < -0.4 is 10.2 Å². The molecule has 0 aliphatic heterocycles. The topological polar surface area (TPSA) is 64.8 Å². The maximum Gasteiger partial charge on any atom is 0.224 e. The van der Waals surface area contributed by atoms with Gasteiger partial charge in [-0.3, -0.25) is 0 Å². The number of aromatic nitrogens is 2. The van der Waals surface area contributed by atoms with Crippen LogP contribution in [0, 0.1) is 11.3 Å². The van der Waals surface area contributed by atoms with Gasteiger partial charge in [0.15, 0.2) is 0 Å². The van der Waals surface area contributed by atoms with Crippen molar-refractivity contribution in [3.8, 4) is 6.07 Å². The molecule has 5 nitrogen and oxygen atoms in total. The lowest BCUT2D eigenvalue weighted by Gasteiger charge is -2.19. The molecule has 0 saturated carbocycles. The van der Waals surface area contributed by atoms with Gasteiger partial charge in [0.1, 0.15) is 11.9 Å². The van der Waals surface area contributed by atoms with Crippen LogP contribution in [0.15, 0.2) is 36.5 Å². The van der Waals surface area contributed by atoms with Crippen molar-refractivity contribution in [2.24, 2.45) is 0 Å². The second-order valence-electron chi connectivity index (χ2n) is 4.35. The van der Waals surface area contributed by atoms with E-state index in [9.17, 15) is 0 Å². The highest BCUT2D eigenvalue weighted by molar-refractivity contribution is 5.66. The standard InChI is InChI=1S/C15H17N5/c1-3-9-17-15-18-10-8-14(19-15)20(2)13-7-5-4-6-12(13)11-16/h4-8,10H,3,9H2,1-2H3,(H,17,18,19). The summed E-state index contributed by atoms with van der Waals surface area (Å²) in [5.41, 5.74) is 1.45. The molecule has 0 saturated heterocycles. The zero-order chi connectivity index (χ0) is 14.4. The number of nitriles is 1. The summed E-state index contributed by atoms with van der Waals surface area (Å²) in [6.45, 7) is 2.92. The highest BCUT2D eigenvalue weighted by Gasteiger charge is 2.10. The van der Waals surface area contributed by atoms with Crippen molar-refractivity contribution in [1.29, 1.82) is 5.26 Å². The fraction of sp³-hybridized carbons (Fsp3) is 0.267. The van der Waals surface area contributed by atoms with Gasteiger partial charge in [-0.15, -0.1) is 0 Å². The second-order valence-corrected chi connectivity index (χ2v) is 4.35. The van der Waals surface area contributed by atoms with Crippen molar-refractivity contribution < 1.29 is 0 Å². The number of nitrogens with zero attached hydrogens (tertiary/aromatic N) is 4. The highest BCUT2D eigenvalue weighted by atomic mass is 15.2. The van der Waals surface area contributed by atoms with Crippen LogP contribution in [0.25, 0.3) is 0 Å². The summed E-state index contributed by atoms with van der Waals surface area (Å²) in [4.78, 5) is 10.5. The fourth-order valence-corrected chi connectivity index (χ4v) is 1.84. The SMILES string of the molecule is CCCNc1nccc(N(C)c2ccccc2C#N)n1. The Morgan fingerprint density at radius 2 is 2.10 bits per heavy atom. The first-order chi connectivity index (χ1) is 9.76. The number of hydrogen-bond acceptors (Lipinski definition) is 5. The highest BCUT2D eigenvalue weighted by Crippen LogP contribution is 2.25.